The first-order valence-electron chi connectivity index (χ1n) is 5.98. The Bertz CT molecular complexity index is 296. The standard InChI is InChI=1S/C12H22ClN3/c1-4-16-9-11(8-15-16)7-14-12(5-6-13)10(2)3/h8-10,12,14H,4-7H2,1-3H3. The van der Waals surface area contributed by atoms with Crippen molar-refractivity contribution in [2.24, 2.45) is 5.92 Å². The minimum atomic E-state index is 0.488. The maximum atomic E-state index is 5.79. The Kier molecular flexibility index (Phi) is 5.85. The molecule has 0 fully saturated rings. The van der Waals surface area contributed by atoms with Gasteiger partial charge in [0.25, 0.3) is 0 Å². The van der Waals surface area contributed by atoms with E-state index in [1.165, 1.54) is 5.56 Å². The van der Waals surface area contributed by atoms with Gasteiger partial charge < -0.3 is 5.32 Å². The van der Waals surface area contributed by atoms with E-state index in [0.717, 1.165) is 19.5 Å². The van der Waals surface area contributed by atoms with Gasteiger partial charge in [0, 0.05) is 36.8 Å². The Morgan fingerprint density at radius 1 is 1.50 bits per heavy atom. The fourth-order valence-electron chi connectivity index (χ4n) is 1.71. The van der Waals surface area contributed by atoms with Crippen LogP contribution in [-0.2, 0) is 13.1 Å². The molecule has 1 rings (SSSR count). The van der Waals surface area contributed by atoms with Crippen molar-refractivity contribution in [3.05, 3.63) is 18.0 Å². The average Bonchev–Trinajstić information content (AvgIpc) is 2.71. The third-order valence-corrected chi connectivity index (χ3v) is 3.02. The number of aryl methyl sites for hydroxylation is 1. The summed E-state index contributed by atoms with van der Waals surface area (Å²) in [4.78, 5) is 0. The molecule has 1 aromatic heterocycles. The molecule has 0 amide bonds. The van der Waals surface area contributed by atoms with E-state index in [1.54, 1.807) is 0 Å². The summed E-state index contributed by atoms with van der Waals surface area (Å²) in [6.07, 6.45) is 5.03. The molecule has 1 N–H and O–H groups in total. The summed E-state index contributed by atoms with van der Waals surface area (Å²) in [6.45, 7) is 8.34. The van der Waals surface area contributed by atoms with Crippen molar-refractivity contribution in [1.82, 2.24) is 15.1 Å². The highest BCUT2D eigenvalue weighted by molar-refractivity contribution is 6.17. The van der Waals surface area contributed by atoms with E-state index >= 15 is 0 Å². The highest BCUT2D eigenvalue weighted by Crippen LogP contribution is 2.08. The van der Waals surface area contributed by atoms with Gasteiger partial charge in [-0.15, -0.1) is 11.6 Å². The molecule has 4 heteroatoms. The summed E-state index contributed by atoms with van der Waals surface area (Å²) in [5, 5.41) is 7.79. The lowest BCUT2D eigenvalue weighted by Gasteiger charge is -2.21. The average molecular weight is 244 g/mol. The lowest BCUT2D eigenvalue weighted by molar-refractivity contribution is 0.389. The van der Waals surface area contributed by atoms with Crippen molar-refractivity contribution in [3.8, 4) is 0 Å². The second-order valence-corrected chi connectivity index (χ2v) is 4.79. The van der Waals surface area contributed by atoms with Crippen LogP contribution in [0.15, 0.2) is 12.4 Å². The Balaban J connectivity index is 2.42. The quantitative estimate of drug-likeness (QED) is 0.747. The van der Waals surface area contributed by atoms with Gasteiger partial charge in [-0.2, -0.15) is 5.10 Å². The fraction of sp³-hybridized carbons (Fsp3) is 0.750. The summed E-state index contributed by atoms with van der Waals surface area (Å²) in [6, 6.07) is 0.488. The molecule has 16 heavy (non-hydrogen) atoms. The van der Waals surface area contributed by atoms with Crippen molar-refractivity contribution in [2.75, 3.05) is 5.88 Å². The van der Waals surface area contributed by atoms with Crippen LogP contribution in [-0.4, -0.2) is 21.7 Å². The molecule has 1 heterocycles. The molecule has 0 bridgehead atoms. The van der Waals surface area contributed by atoms with Gasteiger partial charge in [0.15, 0.2) is 0 Å². The Hall–Kier alpha value is -0.540. The zero-order valence-corrected chi connectivity index (χ0v) is 11.2. The molecule has 0 aliphatic rings. The second kappa shape index (κ2) is 6.92. The van der Waals surface area contributed by atoms with Gasteiger partial charge in [-0.1, -0.05) is 13.8 Å². The van der Waals surface area contributed by atoms with E-state index in [2.05, 4.69) is 37.4 Å². The van der Waals surface area contributed by atoms with Crippen LogP contribution in [0, 0.1) is 5.92 Å². The number of rotatable bonds is 7. The Morgan fingerprint density at radius 3 is 2.75 bits per heavy atom. The Morgan fingerprint density at radius 2 is 2.25 bits per heavy atom. The molecule has 0 aromatic carbocycles. The lowest BCUT2D eigenvalue weighted by Crippen LogP contribution is -2.33. The molecule has 1 atom stereocenters. The van der Waals surface area contributed by atoms with Crippen LogP contribution >= 0.6 is 11.6 Å². The largest absolute Gasteiger partial charge is 0.310 e. The predicted octanol–water partition coefficient (Wildman–Crippen LogP) is 2.65. The molecule has 1 aromatic rings. The zero-order chi connectivity index (χ0) is 12.0. The second-order valence-electron chi connectivity index (χ2n) is 4.41. The summed E-state index contributed by atoms with van der Waals surface area (Å²) in [5.41, 5.74) is 1.24. The van der Waals surface area contributed by atoms with E-state index in [1.807, 2.05) is 10.9 Å². The molecule has 0 aliphatic heterocycles. The van der Waals surface area contributed by atoms with E-state index in [9.17, 15) is 0 Å². The summed E-state index contributed by atoms with van der Waals surface area (Å²) in [5.74, 6) is 1.32. The number of aromatic nitrogens is 2. The number of alkyl halides is 1. The molecule has 3 nitrogen and oxygen atoms in total. The van der Waals surface area contributed by atoms with E-state index < -0.39 is 0 Å². The molecular weight excluding hydrogens is 222 g/mol. The minimum Gasteiger partial charge on any atom is -0.310 e. The normalized spacial score (nSPS) is 13.3. The number of nitrogens with zero attached hydrogens (tertiary/aromatic N) is 2. The van der Waals surface area contributed by atoms with E-state index in [4.69, 9.17) is 11.6 Å². The van der Waals surface area contributed by atoms with Crippen LogP contribution in [0.4, 0.5) is 0 Å². The highest BCUT2D eigenvalue weighted by Gasteiger charge is 2.11. The van der Waals surface area contributed by atoms with Gasteiger partial charge in [0.1, 0.15) is 0 Å². The van der Waals surface area contributed by atoms with Gasteiger partial charge in [0.2, 0.25) is 0 Å². The summed E-state index contributed by atoms with van der Waals surface area (Å²) < 4.78 is 1.95. The minimum absolute atomic E-state index is 0.488. The Labute approximate surface area is 103 Å². The number of nitrogens with one attached hydrogen (secondary N) is 1. The first-order chi connectivity index (χ1) is 7.67. The molecular formula is C12H22ClN3. The van der Waals surface area contributed by atoms with Crippen LogP contribution in [0.1, 0.15) is 32.8 Å². The maximum absolute atomic E-state index is 5.79. The predicted molar refractivity (Wildman–Crippen MR) is 68.7 cm³/mol. The number of hydrogen-bond donors (Lipinski definition) is 1. The van der Waals surface area contributed by atoms with Crippen molar-refractivity contribution in [1.29, 1.82) is 0 Å². The van der Waals surface area contributed by atoms with Gasteiger partial charge in [0.05, 0.1) is 6.20 Å². The molecule has 1 unspecified atom stereocenters. The topological polar surface area (TPSA) is 29.9 Å². The van der Waals surface area contributed by atoms with E-state index in [-0.39, 0.29) is 0 Å². The van der Waals surface area contributed by atoms with Crippen LogP contribution in [0.25, 0.3) is 0 Å². The van der Waals surface area contributed by atoms with Gasteiger partial charge in [-0.3, -0.25) is 4.68 Å². The van der Waals surface area contributed by atoms with Crippen molar-refractivity contribution >= 4 is 11.6 Å². The highest BCUT2D eigenvalue weighted by atomic mass is 35.5. The van der Waals surface area contributed by atoms with Gasteiger partial charge in [-0.05, 0) is 19.3 Å². The third kappa shape index (κ3) is 4.14. The summed E-state index contributed by atoms with van der Waals surface area (Å²) in [7, 11) is 0. The van der Waals surface area contributed by atoms with Crippen LogP contribution < -0.4 is 5.32 Å². The first kappa shape index (κ1) is 13.5. The van der Waals surface area contributed by atoms with Gasteiger partial charge in [-0.25, -0.2) is 0 Å². The maximum Gasteiger partial charge on any atom is 0.0534 e. The van der Waals surface area contributed by atoms with E-state index in [0.29, 0.717) is 17.8 Å². The molecule has 92 valence electrons. The monoisotopic (exact) mass is 243 g/mol. The fourth-order valence-corrected chi connectivity index (χ4v) is 1.94. The van der Waals surface area contributed by atoms with Crippen molar-refractivity contribution < 1.29 is 0 Å². The van der Waals surface area contributed by atoms with Crippen molar-refractivity contribution in [3.63, 3.8) is 0 Å². The number of hydrogen-bond acceptors (Lipinski definition) is 2. The zero-order valence-electron chi connectivity index (χ0n) is 10.4. The first-order valence-corrected chi connectivity index (χ1v) is 6.51. The summed E-state index contributed by atoms with van der Waals surface area (Å²) >= 11 is 5.79. The molecule has 0 spiro atoms. The molecule has 0 saturated carbocycles. The molecule has 0 aliphatic carbocycles. The van der Waals surface area contributed by atoms with Crippen LogP contribution in [0.3, 0.4) is 0 Å². The third-order valence-electron chi connectivity index (χ3n) is 2.80. The van der Waals surface area contributed by atoms with Gasteiger partial charge >= 0.3 is 0 Å². The number of halogens is 1. The lowest BCUT2D eigenvalue weighted by atomic mass is 10.0. The SMILES string of the molecule is CCn1cc(CNC(CCCl)C(C)C)cn1. The van der Waals surface area contributed by atoms with Crippen LogP contribution in [0.2, 0.25) is 0 Å². The van der Waals surface area contributed by atoms with Crippen LogP contribution in [0.5, 0.6) is 0 Å². The molecule has 0 radical (unpaired) electrons. The molecule has 0 saturated heterocycles. The smallest absolute Gasteiger partial charge is 0.0534 e. The van der Waals surface area contributed by atoms with Crippen molar-refractivity contribution in [2.45, 2.75) is 46.3 Å².